The van der Waals surface area contributed by atoms with Gasteiger partial charge in [0, 0.05) is 29.1 Å². The van der Waals surface area contributed by atoms with Crippen molar-refractivity contribution in [2.45, 2.75) is 51.9 Å². The van der Waals surface area contributed by atoms with Gasteiger partial charge < -0.3 is 20.4 Å². The van der Waals surface area contributed by atoms with E-state index in [2.05, 4.69) is 5.32 Å². The number of alkyl halides is 3. The van der Waals surface area contributed by atoms with E-state index in [1.165, 1.54) is 4.90 Å². The minimum Gasteiger partial charge on any atom is -0.478 e. The van der Waals surface area contributed by atoms with Crippen LogP contribution in [0.15, 0.2) is 42.5 Å². The zero-order chi connectivity index (χ0) is 28.6. The number of hydrogen-bond donors (Lipinski definition) is 3. The van der Waals surface area contributed by atoms with E-state index in [1.54, 1.807) is 38.1 Å². The Morgan fingerprint density at radius 1 is 1.05 bits per heavy atom. The summed E-state index contributed by atoms with van der Waals surface area (Å²) in [6, 6.07) is 7.57. The molecule has 2 aromatic rings. The first-order valence-corrected chi connectivity index (χ1v) is 12.4. The van der Waals surface area contributed by atoms with Crippen LogP contribution in [-0.4, -0.2) is 52.0 Å². The smallest absolute Gasteiger partial charge is 0.416 e. The number of likely N-dealkylation sites (tertiary alicyclic amines) is 1. The van der Waals surface area contributed by atoms with Crippen LogP contribution in [0.2, 0.25) is 5.02 Å². The number of benzene rings is 2. The zero-order valence-electron chi connectivity index (χ0n) is 21.4. The van der Waals surface area contributed by atoms with Gasteiger partial charge in [-0.05, 0) is 48.2 Å². The van der Waals surface area contributed by atoms with E-state index in [-0.39, 0.29) is 19.5 Å². The van der Waals surface area contributed by atoms with Crippen LogP contribution in [0.1, 0.15) is 66.0 Å². The molecule has 0 spiro atoms. The van der Waals surface area contributed by atoms with Crippen molar-refractivity contribution in [2.75, 3.05) is 13.1 Å². The van der Waals surface area contributed by atoms with Crippen LogP contribution in [0.5, 0.6) is 0 Å². The van der Waals surface area contributed by atoms with Gasteiger partial charge in [0.2, 0.25) is 5.91 Å². The van der Waals surface area contributed by atoms with Gasteiger partial charge in [-0.25, -0.2) is 4.79 Å². The fourth-order valence-electron chi connectivity index (χ4n) is 4.75. The lowest BCUT2D eigenvalue weighted by Gasteiger charge is -2.51. The van der Waals surface area contributed by atoms with Crippen LogP contribution < -0.4 is 5.32 Å². The van der Waals surface area contributed by atoms with Crippen molar-refractivity contribution >= 4 is 29.4 Å². The third kappa shape index (κ3) is 5.96. The Kier molecular flexibility index (Phi) is 8.19. The van der Waals surface area contributed by atoms with Crippen molar-refractivity contribution in [1.29, 1.82) is 0 Å². The van der Waals surface area contributed by atoms with E-state index < -0.39 is 63.6 Å². The van der Waals surface area contributed by atoms with Gasteiger partial charge in [0.05, 0.1) is 16.7 Å². The summed E-state index contributed by atoms with van der Waals surface area (Å²) in [7, 11) is 0. The molecular formula is C27H30ClF3N2O5. The van der Waals surface area contributed by atoms with Gasteiger partial charge >= 0.3 is 12.1 Å². The number of carboxylic acid groups (broad SMARTS) is 1. The molecule has 3 rings (SSSR count). The molecule has 11 heteroatoms. The third-order valence-corrected chi connectivity index (χ3v) is 7.32. The average Bonchev–Trinajstić information content (AvgIpc) is 2.82. The summed E-state index contributed by atoms with van der Waals surface area (Å²) in [5.41, 5.74) is -3.89. The second kappa shape index (κ2) is 10.6. The fraction of sp³-hybridized carbons (Fsp3) is 0.444. The first-order chi connectivity index (χ1) is 17.5. The molecule has 206 valence electrons. The Hall–Kier alpha value is -3.11. The largest absolute Gasteiger partial charge is 0.478 e. The molecule has 0 bridgehead atoms. The van der Waals surface area contributed by atoms with Crippen molar-refractivity contribution in [3.05, 3.63) is 69.7 Å². The van der Waals surface area contributed by atoms with E-state index in [9.17, 15) is 37.8 Å². The molecule has 2 unspecified atom stereocenters. The molecule has 2 amide bonds. The molecule has 1 aliphatic rings. The second-order valence-corrected chi connectivity index (χ2v) is 11.0. The molecule has 1 saturated heterocycles. The highest BCUT2D eigenvalue weighted by Gasteiger charge is 2.50. The summed E-state index contributed by atoms with van der Waals surface area (Å²) >= 11 is 5.98. The van der Waals surface area contributed by atoms with Gasteiger partial charge in [0.15, 0.2) is 0 Å². The standard InChI is InChI=1S/C27H30ClF3N2O5/c1-15(2)21(32-22(34)16-11-17(24(36)37)13-19(12-16)27(29,30)31)23(35)33-10-9-26(38,25(3,4)14-33)18-5-7-20(28)8-6-18/h5-8,11-13,15,21,38H,9-10,14H2,1-4H3,(H,32,34)(H,36,37). The van der Waals surface area contributed by atoms with Crippen LogP contribution in [-0.2, 0) is 16.6 Å². The lowest BCUT2D eigenvalue weighted by atomic mass is 9.66. The van der Waals surface area contributed by atoms with Crippen LogP contribution in [0.3, 0.4) is 0 Å². The minimum atomic E-state index is -4.87. The van der Waals surface area contributed by atoms with E-state index in [4.69, 9.17) is 11.6 Å². The van der Waals surface area contributed by atoms with Gasteiger partial charge in [-0.1, -0.05) is 51.4 Å². The first-order valence-electron chi connectivity index (χ1n) is 12.0. The van der Waals surface area contributed by atoms with Gasteiger partial charge in [-0.15, -0.1) is 0 Å². The number of halogens is 4. The molecular weight excluding hydrogens is 525 g/mol. The lowest BCUT2D eigenvalue weighted by Crippen LogP contribution is -2.60. The van der Waals surface area contributed by atoms with E-state index in [1.807, 2.05) is 13.8 Å². The minimum absolute atomic E-state index is 0.150. The summed E-state index contributed by atoms with van der Waals surface area (Å²) in [6.07, 6.45) is -4.66. The number of carboxylic acids is 1. The topological polar surface area (TPSA) is 107 Å². The van der Waals surface area contributed by atoms with Crippen LogP contribution in [0.25, 0.3) is 0 Å². The number of aliphatic hydroxyl groups is 1. The summed E-state index contributed by atoms with van der Waals surface area (Å²) in [5.74, 6) is -3.51. The Morgan fingerprint density at radius 2 is 1.63 bits per heavy atom. The number of nitrogens with zero attached hydrogens (tertiary/aromatic N) is 1. The monoisotopic (exact) mass is 554 g/mol. The number of amides is 2. The number of hydrogen-bond acceptors (Lipinski definition) is 4. The number of piperidine rings is 1. The summed E-state index contributed by atoms with van der Waals surface area (Å²) in [6.45, 7) is 7.32. The number of carbonyl (C=O) groups is 3. The van der Waals surface area contributed by atoms with E-state index >= 15 is 0 Å². The molecule has 0 aromatic heterocycles. The third-order valence-electron chi connectivity index (χ3n) is 7.07. The predicted molar refractivity (Wildman–Crippen MR) is 135 cm³/mol. The average molecular weight is 555 g/mol. The number of aromatic carboxylic acids is 1. The van der Waals surface area contributed by atoms with Crippen molar-refractivity contribution in [2.24, 2.45) is 11.3 Å². The summed E-state index contributed by atoms with van der Waals surface area (Å²) < 4.78 is 39.9. The van der Waals surface area contributed by atoms with Gasteiger partial charge in [0.25, 0.3) is 5.91 Å². The molecule has 2 atom stereocenters. The Bertz CT molecular complexity index is 1230. The number of nitrogens with one attached hydrogen (secondary N) is 1. The highest BCUT2D eigenvalue weighted by Crippen LogP contribution is 2.46. The van der Waals surface area contributed by atoms with Crippen LogP contribution in [0, 0.1) is 11.3 Å². The molecule has 2 aromatic carbocycles. The van der Waals surface area contributed by atoms with Gasteiger partial charge in [-0.3, -0.25) is 9.59 Å². The van der Waals surface area contributed by atoms with Crippen molar-refractivity contribution in [3.63, 3.8) is 0 Å². The molecule has 0 radical (unpaired) electrons. The van der Waals surface area contributed by atoms with E-state index in [0.717, 1.165) is 6.07 Å². The first kappa shape index (κ1) is 29.4. The number of rotatable bonds is 6. The number of carbonyl (C=O) groups excluding carboxylic acids is 2. The second-order valence-electron chi connectivity index (χ2n) is 10.6. The molecule has 7 nitrogen and oxygen atoms in total. The van der Waals surface area contributed by atoms with Gasteiger partial charge in [0.1, 0.15) is 6.04 Å². The van der Waals surface area contributed by atoms with Crippen molar-refractivity contribution in [1.82, 2.24) is 10.2 Å². The Morgan fingerprint density at radius 3 is 2.13 bits per heavy atom. The SMILES string of the molecule is CC(C)C(NC(=O)c1cc(C(=O)O)cc(C(F)(F)F)c1)C(=O)N1CCC(O)(c2ccc(Cl)cc2)C(C)(C)C1. The summed E-state index contributed by atoms with van der Waals surface area (Å²) in [5, 5.41) is 23.8. The highest BCUT2D eigenvalue weighted by molar-refractivity contribution is 6.30. The maximum Gasteiger partial charge on any atom is 0.416 e. The van der Waals surface area contributed by atoms with Crippen molar-refractivity contribution < 1.29 is 37.8 Å². The lowest BCUT2D eigenvalue weighted by molar-refractivity contribution is -0.155. The Balaban J connectivity index is 1.84. The van der Waals surface area contributed by atoms with Crippen molar-refractivity contribution in [3.8, 4) is 0 Å². The molecule has 1 aliphatic heterocycles. The zero-order valence-corrected chi connectivity index (χ0v) is 22.2. The summed E-state index contributed by atoms with van der Waals surface area (Å²) in [4.78, 5) is 39.3. The molecule has 3 N–H and O–H groups in total. The predicted octanol–water partition coefficient (Wildman–Crippen LogP) is 4.96. The fourth-order valence-corrected chi connectivity index (χ4v) is 4.88. The molecule has 0 saturated carbocycles. The molecule has 1 heterocycles. The normalized spacial score (nSPS) is 20.2. The maximum absolute atomic E-state index is 13.5. The molecule has 1 fully saturated rings. The highest BCUT2D eigenvalue weighted by atomic mass is 35.5. The van der Waals surface area contributed by atoms with Gasteiger partial charge in [-0.2, -0.15) is 13.2 Å². The quantitative estimate of drug-likeness (QED) is 0.468. The Labute approximate surface area is 223 Å². The maximum atomic E-state index is 13.5. The van der Waals surface area contributed by atoms with E-state index in [0.29, 0.717) is 22.7 Å². The molecule has 38 heavy (non-hydrogen) atoms. The van der Waals surface area contributed by atoms with Crippen LogP contribution >= 0.6 is 11.6 Å². The van der Waals surface area contributed by atoms with Crippen LogP contribution in [0.4, 0.5) is 13.2 Å². The molecule has 0 aliphatic carbocycles.